The van der Waals surface area contributed by atoms with Crippen molar-refractivity contribution in [3.8, 4) is 0 Å². The van der Waals surface area contributed by atoms with E-state index in [9.17, 15) is 14.0 Å². The number of carbonyl (C=O) groups excluding carboxylic acids is 2. The van der Waals surface area contributed by atoms with Gasteiger partial charge in [0.2, 0.25) is 5.91 Å². The highest BCUT2D eigenvalue weighted by Crippen LogP contribution is 2.40. The van der Waals surface area contributed by atoms with Gasteiger partial charge in [-0.3, -0.25) is 9.59 Å². The van der Waals surface area contributed by atoms with Crippen LogP contribution in [-0.4, -0.2) is 23.3 Å². The van der Waals surface area contributed by atoms with Gasteiger partial charge in [-0.15, -0.1) is 0 Å². The SMILES string of the molecule is NC(=O)CN(Cc1cc(C2CC2)ccc1F)C(=O)c1ccccc1. The standard InChI is InChI=1S/C19H19FN2O2/c20-17-9-8-15(13-6-7-13)10-16(17)11-22(12-18(21)23)19(24)14-4-2-1-3-5-14/h1-5,8-10,13H,6-7,11-12H2,(H2,21,23). The van der Waals surface area contributed by atoms with E-state index >= 15 is 0 Å². The molecule has 0 aliphatic heterocycles. The van der Waals surface area contributed by atoms with Gasteiger partial charge in [-0.25, -0.2) is 4.39 Å². The quantitative estimate of drug-likeness (QED) is 0.887. The first-order valence-corrected chi connectivity index (χ1v) is 7.95. The molecule has 1 fully saturated rings. The topological polar surface area (TPSA) is 63.4 Å². The molecule has 4 nitrogen and oxygen atoms in total. The molecule has 2 amide bonds. The first-order chi connectivity index (χ1) is 11.5. The number of hydrogen-bond donors (Lipinski definition) is 1. The molecule has 2 aromatic rings. The maximum atomic E-state index is 14.2. The molecule has 0 atom stereocenters. The summed E-state index contributed by atoms with van der Waals surface area (Å²) in [6.07, 6.45) is 2.22. The van der Waals surface area contributed by atoms with Crippen molar-refractivity contribution in [2.24, 2.45) is 5.73 Å². The minimum absolute atomic E-state index is 0.0169. The fourth-order valence-corrected chi connectivity index (χ4v) is 2.74. The van der Waals surface area contributed by atoms with Crippen LogP contribution in [-0.2, 0) is 11.3 Å². The van der Waals surface area contributed by atoms with Crippen LogP contribution >= 0.6 is 0 Å². The number of carbonyl (C=O) groups is 2. The van der Waals surface area contributed by atoms with E-state index in [0.717, 1.165) is 18.4 Å². The van der Waals surface area contributed by atoms with Crippen LogP contribution in [0.4, 0.5) is 4.39 Å². The van der Waals surface area contributed by atoms with Crippen molar-refractivity contribution in [3.05, 3.63) is 71.0 Å². The van der Waals surface area contributed by atoms with Gasteiger partial charge >= 0.3 is 0 Å². The second kappa shape index (κ2) is 6.83. The zero-order chi connectivity index (χ0) is 17.1. The van der Waals surface area contributed by atoms with Gasteiger partial charge in [-0.1, -0.05) is 30.3 Å². The highest BCUT2D eigenvalue weighted by Gasteiger charge is 2.25. The van der Waals surface area contributed by atoms with Gasteiger partial charge in [0.05, 0.1) is 6.54 Å². The Bertz CT molecular complexity index is 757. The van der Waals surface area contributed by atoms with Crippen molar-refractivity contribution >= 4 is 11.8 Å². The van der Waals surface area contributed by atoms with Crippen molar-refractivity contribution in [2.75, 3.05) is 6.54 Å². The molecule has 0 saturated heterocycles. The van der Waals surface area contributed by atoms with Crippen LogP contribution in [0, 0.1) is 5.82 Å². The van der Waals surface area contributed by atoms with Crippen LogP contribution in [0.25, 0.3) is 0 Å². The molecule has 3 rings (SSSR count). The number of amides is 2. The fourth-order valence-electron chi connectivity index (χ4n) is 2.74. The molecule has 0 unspecified atom stereocenters. The molecule has 2 aromatic carbocycles. The number of rotatable bonds is 6. The highest BCUT2D eigenvalue weighted by atomic mass is 19.1. The Morgan fingerprint density at radius 3 is 2.46 bits per heavy atom. The van der Waals surface area contributed by atoms with Crippen LogP contribution in [0.15, 0.2) is 48.5 Å². The third-order valence-electron chi connectivity index (χ3n) is 4.13. The summed E-state index contributed by atoms with van der Waals surface area (Å²) in [7, 11) is 0. The van der Waals surface area contributed by atoms with Crippen LogP contribution in [0.3, 0.4) is 0 Å². The fraction of sp³-hybridized carbons (Fsp3) is 0.263. The van der Waals surface area contributed by atoms with E-state index in [2.05, 4.69) is 0 Å². The summed E-state index contributed by atoms with van der Waals surface area (Å²) in [5.41, 5.74) is 7.19. The summed E-state index contributed by atoms with van der Waals surface area (Å²) in [6.45, 7) is -0.232. The lowest BCUT2D eigenvalue weighted by Crippen LogP contribution is -2.38. The van der Waals surface area contributed by atoms with Crippen LogP contribution in [0.2, 0.25) is 0 Å². The molecule has 1 saturated carbocycles. The van der Waals surface area contributed by atoms with E-state index < -0.39 is 5.91 Å². The van der Waals surface area contributed by atoms with Crippen molar-refractivity contribution in [1.29, 1.82) is 0 Å². The molecule has 0 radical (unpaired) electrons. The lowest BCUT2D eigenvalue weighted by molar-refractivity contribution is -0.118. The van der Waals surface area contributed by atoms with E-state index in [1.807, 2.05) is 0 Å². The molecule has 2 N–H and O–H groups in total. The number of nitrogens with two attached hydrogens (primary N) is 1. The Balaban J connectivity index is 1.85. The summed E-state index contributed by atoms with van der Waals surface area (Å²) in [5.74, 6) is -0.864. The number of halogens is 1. The lowest BCUT2D eigenvalue weighted by Gasteiger charge is -2.22. The number of benzene rings is 2. The average molecular weight is 326 g/mol. The van der Waals surface area contributed by atoms with Crippen LogP contribution in [0.1, 0.15) is 40.2 Å². The molecule has 5 heteroatoms. The maximum Gasteiger partial charge on any atom is 0.254 e. The summed E-state index contributed by atoms with van der Waals surface area (Å²) in [4.78, 5) is 25.2. The van der Waals surface area contributed by atoms with Gasteiger partial charge in [-0.2, -0.15) is 0 Å². The minimum Gasteiger partial charge on any atom is -0.368 e. The van der Waals surface area contributed by atoms with Gasteiger partial charge in [0.1, 0.15) is 5.82 Å². The first-order valence-electron chi connectivity index (χ1n) is 7.95. The Kier molecular flexibility index (Phi) is 4.60. The van der Waals surface area contributed by atoms with Crippen molar-refractivity contribution in [1.82, 2.24) is 4.90 Å². The molecular weight excluding hydrogens is 307 g/mol. The number of primary amides is 1. The molecular formula is C19H19FN2O2. The molecule has 0 spiro atoms. The van der Waals surface area contributed by atoms with Crippen molar-refractivity contribution in [3.63, 3.8) is 0 Å². The lowest BCUT2D eigenvalue weighted by atomic mass is 10.1. The molecule has 124 valence electrons. The third-order valence-corrected chi connectivity index (χ3v) is 4.13. The summed E-state index contributed by atoms with van der Waals surface area (Å²) in [6, 6.07) is 13.6. The third kappa shape index (κ3) is 3.79. The number of hydrogen-bond acceptors (Lipinski definition) is 2. The van der Waals surface area contributed by atoms with Gasteiger partial charge in [0.15, 0.2) is 0 Å². The predicted octanol–water partition coefficient (Wildman–Crippen LogP) is 2.83. The van der Waals surface area contributed by atoms with E-state index in [4.69, 9.17) is 5.73 Å². The predicted molar refractivity (Wildman–Crippen MR) is 88.8 cm³/mol. The average Bonchev–Trinajstić information content (AvgIpc) is 3.41. The Labute approximate surface area is 140 Å². The largest absolute Gasteiger partial charge is 0.368 e. The molecule has 24 heavy (non-hydrogen) atoms. The summed E-state index contributed by atoms with van der Waals surface area (Å²) < 4.78 is 14.2. The van der Waals surface area contributed by atoms with Gasteiger partial charge in [0.25, 0.3) is 5.91 Å². The summed E-state index contributed by atoms with van der Waals surface area (Å²) in [5, 5.41) is 0. The minimum atomic E-state index is -0.627. The van der Waals surface area contributed by atoms with E-state index in [1.54, 1.807) is 42.5 Å². The van der Waals surface area contributed by atoms with Gasteiger partial charge < -0.3 is 10.6 Å². The molecule has 0 aromatic heterocycles. The first kappa shape index (κ1) is 16.2. The van der Waals surface area contributed by atoms with Crippen molar-refractivity contribution in [2.45, 2.75) is 25.3 Å². The molecule has 1 aliphatic rings. The van der Waals surface area contributed by atoms with E-state index in [-0.39, 0.29) is 24.8 Å². The van der Waals surface area contributed by atoms with E-state index in [1.165, 1.54) is 11.0 Å². The van der Waals surface area contributed by atoms with Gasteiger partial charge in [0, 0.05) is 17.7 Å². The summed E-state index contributed by atoms with van der Waals surface area (Å²) >= 11 is 0. The van der Waals surface area contributed by atoms with Crippen LogP contribution < -0.4 is 5.73 Å². The molecule has 1 aliphatic carbocycles. The monoisotopic (exact) mass is 326 g/mol. The Hall–Kier alpha value is -2.69. The normalized spacial score (nSPS) is 13.5. The second-order valence-electron chi connectivity index (χ2n) is 6.12. The zero-order valence-electron chi connectivity index (χ0n) is 13.2. The second-order valence-corrected chi connectivity index (χ2v) is 6.12. The van der Waals surface area contributed by atoms with Gasteiger partial charge in [-0.05, 0) is 42.5 Å². The Morgan fingerprint density at radius 1 is 1.12 bits per heavy atom. The van der Waals surface area contributed by atoms with E-state index in [0.29, 0.717) is 17.0 Å². The highest BCUT2D eigenvalue weighted by molar-refractivity contribution is 5.96. The van der Waals surface area contributed by atoms with Crippen LogP contribution in [0.5, 0.6) is 0 Å². The molecule has 0 bridgehead atoms. The van der Waals surface area contributed by atoms with Crippen molar-refractivity contribution < 1.29 is 14.0 Å². The molecule has 0 heterocycles. The zero-order valence-corrected chi connectivity index (χ0v) is 13.2. The Morgan fingerprint density at radius 2 is 1.83 bits per heavy atom. The smallest absolute Gasteiger partial charge is 0.254 e. The number of nitrogens with zero attached hydrogens (tertiary/aromatic N) is 1. The maximum absolute atomic E-state index is 14.2.